The molecule has 1 fully saturated rings. The van der Waals surface area contributed by atoms with Crippen molar-refractivity contribution in [3.05, 3.63) is 75.7 Å². The van der Waals surface area contributed by atoms with Crippen LogP contribution >= 0.6 is 11.3 Å². The summed E-state index contributed by atoms with van der Waals surface area (Å²) in [6.45, 7) is 5.31. The summed E-state index contributed by atoms with van der Waals surface area (Å²) >= 11 is 1.56. The maximum absolute atomic E-state index is 13.4. The molecule has 168 valence electrons. The topological polar surface area (TPSA) is 75.5 Å². The van der Waals surface area contributed by atoms with Crippen LogP contribution < -0.4 is 0 Å². The van der Waals surface area contributed by atoms with Gasteiger partial charge in [-0.2, -0.15) is 9.40 Å². The zero-order chi connectivity index (χ0) is 22.7. The zero-order valence-corrected chi connectivity index (χ0v) is 19.8. The first-order valence-corrected chi connectivity index (χ1v) is 12.8. The molecule has 0 atom stereocenters. The smallest absolute Gasteiger partial charge is 0.246 e. The number of amides is 1. The second kappa shape index (κ2) is 9.40. The van der Waals surface area contributed by atoms with Crippen LogP contribution in [0.2, 0.25) is 0 Å². The van der Waals surface area contributed by atoms with Crippen LogP contribution in [-0.4, -0.2) is 59.5 Å². The highest BCUT2D eigenvalue weighted by molar-refractivity contribution is 7.89. The van der Waals surface area contributed by atoms with Gasteiger partial charge in [0.1, 0.15) is 4.90 Å². The number of hydrogen-bond acceptors (Lipinski definition) is 5. The molecule has 3 aromatic rings. The number of carbonyl (C=O) groups excluding carboxylic acids is 1. The van der Waals surface area contributed by atoms with Crippen LogP contribution in [0.4, 0.5) is 0 Å². The molecule has 1 aliphatic heterocycles. The minimum absolute atomic E-state index is 0.0986. The first-order valence-electron chi connectivity index (χ1n) is 10.4. The number of aromatic nitrogens is 2. The van der Waals surface area contributed by atoms with E-state index in [9.17, 15) is 13.2 Å². The average Bonchev–Trinajstić information content (AvgIpc) is 3.41. The second-order valence-electron chi connectivity index (χ2n) is 7.72. The molecular weight excluding hydrogens is 444 g/mol. The Balaban J connectivity index is 1.45. The maximum Gasteiger partial charge on any atom is 0.246 e. The van der Waals surface area contributed by atoms with Gasteiger partial charge in [0.05, 0.1) is 17.9 Å². The fourth-order valence-corrected chi connectivity index (χ4v) is 6.30. The molecule has 2 aromatic heterocycles. The van der Waals surface area contributed by atoms with E-state index in [1.54, 1.807) is 46.9 Å². The fraction of sp³-hybridized carbons (Fsp3) is 0.304. The van der Waals surface area contributed by atoms with Gasteiger partial charge in [-0.05, 0) is 36.9 Å². The molecule has 9 heteroatoms. The number of benzene rings is 1. The average molecular weight is 471 g/mol. The SMILES string of the molecule is Cc1nn(Cc2ccccc2)c(C)c1S(=O)(=O)N1CCN(C(=O)C=Cc2cccs2)CC1. The van der Waals surface area contributed by atoms with Crippen molar-refractivity contribution in [1.82, 2.24) is 19.0 Å². The highest BCUT2D eigenvalue weighted by Crippen LogP contribution is 2.25. The van der Waals surface area contributed by atoms with Gasteiger partial charge in [0.25, 0.3) is 0 Å². The number of piperazine rings is 1. The van der Waals surface area contributed by atoms with Crippen LogP contribution in [-0.2, 0) is 21.4 Å². The third-order valence-corrected chi connectivity index (χ3v) is 8.56. The molecule has 1 aromatic carbocycles. The Hall–Kier alpha value is -2.75. The van der Waals surface area contributed by atoms with E-state index in [-0.39, 0.29) is 23.9 Å². The van der Waals surface area contributed by atoms with Gasteiger partial charge < -0.3 is 4.90 Å². The van der Waals surface area contributed by atoms with Crippen molar-refractivity contribution < 1.29 is 13.2 Å². The van der Waals surface area contributed by atoms with E-state index >= 15 is 0 Å². The van der Waals surface area contributed by atoms with Crippen molar-refractivity contribution in [2.45, 2.75) is 25.3 Å². The molecule has 3 heterocycles. The van der Waals surface area contributed by atoms with Gasteiger partial charge in [-0.25, -0.2) is 8.42 Å². The van der Waals surface area contributed by atoms with Crippen molar-refractivity contribution >= 4 is 33.3 Å². The minimum atomic E-state index is -3.70. The number of nitrogens with zero attached hydrogens (tertiary/aromatic N) is 4. The lowest BCUT2D eigenvalue weighted by Crippen LogP contribution is -2.50. The van der Waals surface area contributed by atoms with E-state index < -0.39 is 10.0 Å². The Bertz CT molecular complexity index is 1210. The normalized spacial score (nSPS) is 15.5. The van der Waals surface area contributed by atoms with E-state index in [2.05, 4.69) is 5.10 Å². The van der Waals surface area contributed by atoms with Crippen LogP contribution in [0.25, 0.3) is 6.08 Å². The summed E-state index contributed by atoms with van der Waals surface area (Å²) in [5.41, 5.74) is 2.18. The molecule has 1 saturated heterocycles. The lowest BCUT2D eigenvalue weighted by Gasteiger charge is -2.33. The van der Waals surface area contributed by atoms with E-state index in [1.807, 2.05) is 47.8 Å². The molecule has 0 spiro atoms. The Kier molecular flexibility index (Phi) is 6.59. The van der Waals surface area contributed by atoms with E-state index in [4.69, 9.17) is 0 Å². The second-order valence-corrected chi connectivity index (χ2v) is 10.6. The summed E-state index contributed by atoms with van der Waals surface area (Å²) in [5.74, 6) is -0.0986. The monoisotopic (exact) mass is 470 g/mol. The quantitative estimate of drug-likeness (QED) is 0.519. The van der Waals surface area contributed by atoms with Gasteiger partial charge in [-0.1, -0.05) is 36.4 Å². The number of aryl methyl sites for hydroxylation is 1. The molecule has 1 aliphatic rings. The zero-order valence-electron chi connectivity index (χ0n) is 18.1. The third kappa shape index (κ3) is 4.69. The summed E-state index contributed by atoms with van der Waals surface area (Å²) in [6.07, 6.45) is 3.35. The van der Waals surface area contributed by atoms with Gasteiger partial charge in [0.2, 0.25) is 15.9 Å². The molecule has 0 unspecified atom stereocenters. The molecule has 0 aliphatic carbocycles. The van der Waals surface area contributed by atoms with Crippen molar-refractivity contribution in [1.29, 1.82) is 0 Å². The first-order chi connectivity index (χ1) is 15.4. The van der Waals surface area contributed by atoms with Crippen molar-refractivity contribution in [2.24, 2.45) is 0 Å². The summed E-state index contributed by atoms with van der Waals surface area (Å²) in [5, 5.41) is 6.45. The van der Waals surface area contributed by atoms with Gasteiger partial charge in [0, 0.05) is 37.1 Å². The van der Waals surface area contributed by atoms with Crippen LogP contribution in [0.15, 0.2) is 58.8 Å². The van der Waals surface area contributed by atoms with Crippen molar-refractivity contribution in [2.75, 3.05) is 26.2 Å². The Morgan fingerprint density at radius 2 is 1.78 bits per heavy atom. The molecule has 0 bridgehead atoms. The first kappa shape index (κ1) is 22.4. The van der Waals surface area contributed by atoms with Gasteiger partial charge in [-0.3, -0.25) is 9.48 Å². The van der Waals surface area contributed by atoms with Crippen molar-refractivity contribution in [3.63, 3.8) is 0 Å². The highest BCUT2D eigenvalue weighted by Gasteiger charge is 2.33. The molecule has 1 amide bonds. The standard InChI is InChI=1S/C23H26N4O3S2/c1-18-23(19(2)27(24-18)17-20-7-4-3-5-8-20)32(29,30)26-14-12-25(13-15-26)22(28)11-10-21-9-6-16-31-21/h3-11,16H,12-15,17H2,1-2H3. The molecule has 7 nitrogen and oxygen atoms in total. The summed E-state index contributed by atoms with van der Waals surface area (Å²) < 4.78 is 30.0. The van der Waals surface area contributed by atoms with Crippen LogP contribution in [0.1, 0.15) is 21.8 Å². The van der Waals surface area contributed by atoms with Crippen LogP contribution in [0.5, 0.6) is 0 Å². The number of rotatable bonds is 6. The van der Waals surface area contributed by atoms with Crippen molar-refractivity contribution in [3.8, 4) is 0 Å². The summed E-state index contributed by atoms with van der Waals surface area (Å²) in [6, 6.07) is 13.7. The van der Waals surface area contributed by atoms with E-state index in [0.717, 1.165) is 10.4 Å². The Morgan fingerprint density at radius 3 is 2.44 bits per heavy atom. The third-order valence-electron chi connectivity index (χ3n) is 5.57. The lowest BCUT2D eigenvalue weighted by atomic mass is 10.2. The fourth-order valence-electron chi connectivity index (χ4n) is 3.89. The minimum Gasteiger partial charge on any atom is -0.337 e. The van der Waals surface area contributed by atoms with Crippen LogP contribution in [0.3, 0.4) is 0 Å². The lowest BCUT2D eigenvalue weighted by molar-refractivity contribution is -0.127. The predicted molar refractivity (Wildman–Crippen MR) is 126 cm³/mol. The summed E-state index contributed by atoms with van der Waals surface area (Å²) in [4.78, 5) is 15.4. The van der Waals surface area contributed by atoms with E-state index in [1.165, 1.54) is 4.31 Å². The van der Waals surface area contributed by atoms with Gasteiger partial charge in [0.15, 0.2) is 0 Å². The molecule has 4 rings (SSSR count). The molecule has 0 radical (unpaired) electrons. The van der Waals surface area contributed by atoms with Gasteiger partial charge in [-0.15, -0.1) is 11.3 Å². The highest BCUT2D eigenvalue weighted by atomic mass is 32.2. The number of thiophene rings is 1. The predicted octanol–water partition coefficient (Wildman–Crippen LogP) is 3.16. The van der Waals surface area contributed by atoms with E-state index in [0.29, 0.717) is 31.0 Å². The summed E-state index contributed by atoms with van der Waals surface area (Å²) in [7, 11) is -3.70. The largest absolute Gasteiger partial charge is 0.337 e. The Labute approximate surface area is 192 Å². The maximum atomic E-state index is 13.4. The Morgan fingerprint density at radius 1 is 1.06 bits per heavy atom. The molecule has 0 N–H and O–H groups in total. The molecule has 32 heavy (non-hydrogen) atoms. The molecule has 0 saturated carbocycles. The van der Waals surface area contributed by atoms with Crippen LogP contribution in [0, 0.1) is 13.8 Å². The number of carbonyl (C=O) groups is 1. The number of hydrogen-bond donors (Lipinski definition) is 0. The molecular formula is C23H26N4O3S2. The number of sulfonamides is 1. The van der Waals surface area contributed by atoms with Gasteiger partial charge >= 0.3 is 0 Å².